The molecule has 8 heteroatoms. The molecule has 0 spiro atoms. The summed E-state index contributed by atoms with van der Waals surface area (Å²) in [4.78, 5) is 4.77. The smallest absolute Gasteiger partial charge is 0.211 e. The van der Waals surface area contributed by atoms with E-state index >= 15 is 0 Å². The predicted molar refractivity (Wildman–Crippen MR) is 112 cm³/mol. The van der Waals surface area contributed by atoms with Crippen molar-refractivity contribution in [2.75, 3.05) is 63.5 Å². The third kappa shape index (κ3) is 5.23. The quantitative estimate of drug-likeness (QED) is 0.741. The van der Waals surface area contributed by atoms with E-state index in [2.05, 4.69) is 29.0 Å². The van der Waals surface area contributed by atoms with Crippen molar-refractivity contribution in [3.8, 4) is 0 Å². The number of rotatable bonds is 7. The van der Waals surface area contributed by atoms with Gasteiger partial charge in [0.05, 0.1) is 6.26 Å². The molecule has 0 aliphatic carbocycles. The molecule has 2 atom stereocenters. The Balaban J connectivity index is 1.63. The van der Waals surface area contributed by atoms with Gasteiger partial charge in [-0.2, -0.15) is 0 Å². The molecule has 2 heterocycles. The fourth-order valence-electron chi connectivity index (χ4n) is 4.18. The number of piperazine rings is 1. The average molecular weight is 413 g/mol. The van der Waals surface area contributed by atoms with Gasteiger partial charge >= 0.3 is 0 Å². The van der Waals surface area contributed by atoms with E-state index in [-0.39, 0.29) is 11.9 Å². The fraction of sp³-hybridized carbons (Fsp3) is 0.700. The Kier molecular flexibility index (Phi) is 6.96. The van der Waals surface area contributed by atoms with Crippen LogP contribution in [0.3, 0.4) is 0 Å². The number of likely N-dealkylation sites (N-methyl/N-ethyl adjacent to an activating group) is 1. The van der Waals surface area contributed by atoms with Gasteiger partial charge in [0.1, 0.15) is 5.82 Å². The van der Waals surface area contributed by atoms with Crippen molar-refractivity contribution in [1.82, 2.24) is 14.5 Å². The number of benzene rings is 1. The van der Waals surface area contributed by atoms with Gasteiger partial charge in [0.15, 0.2) is 0 Å². The Morgan fingerprint density at radius 2 is 1.93 bits per heavy atom. The summed E-state index contributed by atoms with van der Waals surface area (Å²) in [6.45, 7) is 11.1. The zero-order chi connectivity index (χ0) is 20.3. The van der Waals surface area contributed by atoms with Gasteiger partial charge in [0, 0.05) is 51.0 Å². The lowest BCUT2D eigenvalue weighted by molar-refractivity contribution is 0.271. The lowest BCUT2D eigenvalue weighted by Crippen LogP contribution is -2.46. The summed E-state index contributed by atoms with van der Waals surface area (Å²) in [6.07, 6.45) is 2.13. The second-order valence-corrected chi connectivity index (χ2v) is 10.0. The number of hydrogen-bond donors (Lipinski definition) is 1. The summed E-state index contributed by atoms with van der Waals surface area (Å²) >= 11 is 0. The molecule has 0 radical (unpaired) electrons. The standard InChI is InChI=1S/C20H33FN4O2S/c1-4-23-9-11-24(12-10-23)20-6-5-18(21)13-19(20)16(2)22-14-17-7-8-25(15-17)28(3,26)27/h5-6,13,16-17,22H,4,7-12,14-15H2,1-3H3/t16-,17-/m0/s1. The zero-order valence-corrected chi connectivity index (χ0v) is 18.0. The van der Waals surface area contributed by atoms with Crippen molar-refractivity contribution in [2.45, 2.75) is 26.3 Å². The number of anilines is 1. The van der Waals surface area contributed by atoms with Gasteiger partial charge in [-0.05, 0) is 56.1 Å². The first-order valence-electron chi connectivity index (χ1n) is 10.2. The first kappa shape index (κ1) is 21.5. The Bertz CT molecular complexity index is 765. The summed E-state index contributed by atoms with van der Waals surface area (Å²) < 4.78 is 38.9. The Hall–Kier alpha value is -1.22. The van der Waals surface area contributed by atoms with Gasteiger partial charge < -0.3 is 15.1 Å². The molecule has 2 aliphatic heterocycles. The third-order valence-electron chi connectivity index (χ3n) is 6.05. The van der Waals surface area contributed by atoms with E-state index in [0.717, 1.165) is 56.9 Å². The maximum absolute atomic E-state index is 14.0. The topological polar surface area (TPSA) is 55.9 Å². The first-order chi connectivity index (χ1) is 13.3. The molecular weight excluding hydrogens is 379 g/mol. The van der Waals surface area contributed by atoms with Gasteiger partial charge in [-0.3, -0.25) is 0 Å². The van der Waals surface area contributed by atoms with Gasteiger partial charge in [-0.25, -0.2) is 17.1 Å². The van der Waals surface area contributed by atoms with E-state index in [1.54, 1.807) is 16.4 Å². The fourth-order valence-corrected chi connectivity index (χ4v) is 5.10. The molecule has 0 unspecified atom stereocenters. The summed E-state index contributed by atoms with van der Waals surface area (Å²) in [5.41, 5.74) is 2.07. The lowest BCUT2D eigenvalue weighted by Gasteiger charge is -2.37. The summed E-state index contributed by atoms with van der Waals surface area (Å²) in [6, 6.07) is 5.07. The number of hydrogen-bond acceptors (Lipinski definition) is 5. The van der Waals surface area contributed by atoms with Gasteiger partial charge in [0.2, 0.25) is 10.0 Å². The highest BCUT2D eigenvalue weighted by Gasteiger charge is 2.29. The van der Waals surface area contributed by atoms with Crippen LogP contribution in [0, 0.1) is 11.7 Å². The highest BCUT2D eigenvalue weighted by molar-refractivity contribution is 7.88. The van der Waals surface area contributed by atoms with E-state index in [0.29, 0.717) is 19.0 Å². The molecule has 28 heavy (non-hydrogen) atoms. The van der Waals surface area contributed by atoms with Crippen LogP contribution in [0.2, 0.25) is 0 Å². The lowest BCUT2D eigenvalue weighted by atomic mass is 10.0. The minimum absolute atomic E-state index is 0.00203. The van der Waals surface area contributed by atoms with Gasteiger partial charge in [0.25, 0.3) is 0 Å². The van der Waals surface area contributed by atoms with Crippen molar-refractivity contribution in [2.24, 2.45) is 5.92 Å². The number of sulfonamides is 1. The van der Waals surface area contributed by atoms with E-state index in [1.807, 2.05) is 6.07 Å². The van der Waals surface area contributed by atoms with Crippen LogP contribution in [0.5, 0.6) is 0 Å². The number of halogens is 1. The molecule has 6 nitrogen and oxygen atoms in total. The van der Waals surface area contributed by atoms with Crippen molar-refractivity contribution < 1.29 is 12.8 Å². The van der Waals surface area contributed by atoms with E-state index in [4.69, 9.17) is 0 Å². The second-order valence-electron chi connectivity index (χ2n) is 8.03. The second kappa shape index (κ2) is 9.07. The molecular formula is C20H33FN4O2S. The third-order valence-corrected chi connectivity index (χ3v) is 7.32. The van der Waals surface area contributed by atoms with Crippen LogP contribution in [0.1, 0.15) is 31.9 Å². The highest BCUT2D eigenvalue weighted by atomic mass is 32.2. The van der Waals surface area contributed by atoms with E-state index in [9.17, 15) is 12.8 Å². The molecule has 3 rings (SSSR count). The van der Waals surface area contributed by atoms with Crippen LogP contribution in [-0.4, -0.2) is 76.2 Å². The number of nitrogens with zero attached hydrogens (tertiary/aromatic N) is 3. The predicted octanol–water partition coefficient (Wildman–Crippen LogP) is 1.90. The van der Waals surface area contributed by atoms with Crippen LogP contribution in [0.15, 0.2) is 18.2 Å². The van der Waals surface area contributed by atoms with E-state index in [1.165, 1.54) is 6.26 Å². The molecule has 0 amide bonds. The van der Waals surface area contributed by atoms with Crippen molar-refractivity contribution >= 4 is 15.7 Å². The molecule has 158 valence electrons. The van der Waals surface area contributed by atoms with Crippen molar-refractivity contribution in [3.05, 3.63) is 29.6 Å². The highest BCUT2D eigenvalue weighted by Crippen LogP contribution is 2.29. The van der Waals surface area contributed by atoms with Crippen LogP contribution < -0.4 is 10.2 Å². The summed E-state index contributed by atoms with van der Waals surface area (Å²) in [7, 11) is -3.11. The largest absolute Gasteiger partial charge is 0.369 e. The number of nitrogens with one attached hydrogen (secondary N) is 1. The van der Waals surface area contributed by atoms with Crippen LogP contribution in [0.4, 0.5) is 10.1 Å². The van der Waals surface area contributed by atoms with Gasteiger partial charge in [-0.1, -0.05) is 6.92 Å². The minimum atomic E-state index is -3.11. The zero-order valence-electron chi connectivity index (χ0n) is 17.2. The first-order valence-corrected chi connectivity index (χ1v) is 12.1. The molecule has 1 N–H and O–H groups in total. The van der Waals surface area contributed by atoms with Crippen molar-refractivity contribution in [1.29, 1.82) is 0 Å². The SMILES string of the molecule is CCN1CCN(c2ccc(F)cc2[C@H](C)NC[C@@H]2CCN(S(C)(=O)=O)C2)CC1. The molecule has 2 saturated heterocycles. The molecule has 2 aliphatic rings. The molecule has 1 aromatic carbocycles. The molecule has 1 aromatic rings. The van der Waals surface area contributed by atoms with Gasteiger partial charge in [-0.15, -0.1) is 0 Å². The van der Waals surface area contributed by atoms with Crippen LogP contribution in [0.25, 0.3) is 0 Å². The van der Waals surface area contributed by atoms with Crippen molar-refractivity contribution in [3.63, 3.8) is 0 Å². The molecule has 0 aromatic heterocycles. The molecule has 2 fully saturated rings. The average Bonchev–Trinajstić information content (AvgIpc) is 3.16. The Morgan fingerprint density at radius 3 is 2.54 bits per heavy atom. The maximum atomic E-state index is 14.0. The van der Waals surface area contributed by atoms with E-state index < -0.39 is 10.0 Å². The maximum Gasteiger partial charge on any atom is 0.211 e. The summed E-state index contributed by atoms with van der Waals surface area (Å²) in [5, 5.41) is 3.51. The molecule has 0 bridgehead atoms. The Labute approximate surface area is 168 Å². The summed E-state index contributed by atoms with van der Waals surface area (Å²) in [5.74, 6) is 0.0750. The molecule has 0 saturated carbocycles. The monoisotopic (exact) mass is 412 g/mol. The Morgan fingerprint density at radius 1 is 1.21 bits per heavy atom. The van der Waals surface area contributed by atoms with Crippen LogP contribution in [-0.2, 0) is 10.0 Å². The normalized spacial score (nSPS) is 23.3. The minimum Gasteiger partial charge on any atom is -0.369 e. The van der Waals surface area contributed by atoms with Crippen LogP contribution >= 0.6 is 0 Å².